The summed E-state index contributed by atoms with van der Waals surface area (Å²) in [4.78, 5) is 14.4. The number of aliphatic hydroxyl groups excluding tert-OH is 2. The third kappa shape index (κ3) is 2.05. The number of hydrogen-bond donors (Lipinski definition) is 3. The third-order valence-electron chi connectivity index (χ3n) is 4.03. The van der Waals surface area contributed by atoms with Gasteiger partial charge in [-0.1, -0.05) is 0 Å². The summed E-state index contributed by atoms with van der Waals surface area (Å²) in [6.45, 7) is 1.03. The predicted molar refractivity (Wildman–Crippen MR) is 77.3 cm³/mol. The van der Waals surface area contributed by atoms with Gasteiger partial charge in [-0.2, -0.15) is 0 Å². The molecule has 4 atom stereocenters. The van der Waals surface area contributed by atoms with Crippen molar-refractivity contribution < 1.29 is 20.1 Å². The van der Waals surface area contributed by atoms with Gasteiger partial charge in [-0.3, -0.25) is 4.57 Å². The molecule has 0 amide bonds. The standard InChI is InChI=1S/C13H19N5O4/c1-13(21)7(4-19)22-12(9(13)20)18-6-16-8-10(17(2)3)14-5-15-11(8)18/h5-7,9,12,19-21H,4H2,1-3H3/t7-,9+,12-,13-/m1/s1. The van der Waals surface area contributed by atoms with E-state index in [1.165, 1.54) is 19.6 Å². The molecular weight excluding hydrogens is 290 g/mol. The maximum atomic E-state index is 10.3. The molecular formula is C13H19N5O4. The van der Waals surface area contributed by atoms with E-state index in [9.17, 15) is 15.3 Å². The first kappa shape index (κ1) is 15.1. The second-order valence-corrected chi connectivity index (χ2v) is 5.78. The topological polar surface area (TPSA) is 117 Å². The smallest absolute Gasteiger partial charge is 0.167 e. The second kappa shape index (κ2) is 5.13. The molecule has 1 aliphatic rings. The summed E-state index contributed by atoms with van der Waals surface area (Å²) >= 11 is 0. The van der Waals surface area contributed by atoms with E-state index in [-0.39, 0.29) is 0 Å². The average molecular weight is 309 g/mol. The molecule has 2 aromatic rings. The fourth-order valence-corrected chi connectivity index (χ4v) is 2.66. The number of fused-ring (bicyclic) bond motifs is 1. The predicted octanol–water partition coefficient (Wildman–Crippen LogP) is -1.11. The number of anilines is 1. The third-order valence-corrected chi connectivity index (χ3v) is 4.03. The lowest BCUT2D eigenvalue weighted by Gasteiger charge is -2.25. The highest BCUT2D eigenvalue weighted by atomic mass is 16.6. The SMILES string of the molecule is CN(C)c1ncnc2c1ncn2[C@@H]1O[C@H](CO)[C@@](C)(O)[C@H]1O. The molecule has 120 valence electrons. The van der Waals surface area contributed by atoms with Crippen LogP contribution in [0.1, 0.15) is 13.2 Å². The van der Waals surface area contributed by atoms with Crippen LogP contribution in [-0.4, -0.2) is 73.3 Å². The van der Waals surface area contributed by atoms with Crippen molar-refractivity contribution in [1.29, 1.82) is 0 Å². The molecule has 3 rings (SSSR count). The molecule has 0 spiro atoms. The minimum Gasteiger partial charge on any atom is -0.394 e. The van der Waals surface area contributed by atoms with Gasteiger partial charge in [0.2, 0.25) is 0 Å². The van der Waals surface area contributed by atoms with Crippen molar-refractivity contribution in [2.75, 3.05) is 25.6 Å². The summed E-state index contributed by atoms with van der Waals surface area (Å²) in [7, 11) is 3.68. The highest BCUT2D eigenvalue weighted by molar-refractivity contribution is 5.83. The quantitative estimate of drug-likeness (QED) is 0.654. The molecule has 0 bridgehead atoms. The molecule has 1 aliphatic heterocycles. The van der Waals surface area contributed by atoms with E-state index < -0.39 is 30.6 Å². The number of aromatic nitrogens is 4. The van der Waals surface area contributed by atoms with Gasteiger partial charge in [0, 0.05) is 14.1 Å². The summed E-state index contributed by atoms with van der Waals surface area (Å²) in [6, 6.07) is 0. The van der Waals surface area contributed by atoms with Gasteiger partial charge in [0.25, 0.3) is 0 Å². The molecule has 9 heteroatoms. The van der Waals surface area contributed by atoms with Gasteiger partial charge in [-0.05, 0) is 6.92 Å². The number of ether oxygens (including phenoxy) is 1. The Kier molecular flexibility index (Phi) is 3.52. The van der Waals surface area contributed by atoms with Crippen molar-refractivity contribution >= 4 is 17.0 Å². The molecule has 0 unspecified atom stereocenters. The first-order chi connectivity index (χ1) is 10.4. The molecule has 0 aliphatic carbocycles. The number of rotatable bonds is 3. The molecule has 1 saturated heterocycles. The van der Waals surface area contributed by atoms with E-state index in [1.807, 2.05) is 14.1 Å². The van der Waals surface area contributed by atoms with Crippen LogP contribution in [0, 0.1) is 0 Å². The Bertz CT molecular complexity index is 686. The van der Waals surface area contributed by atoms with E-state index in [0.717, 1.165) is 0 Å². The molecule has 3 N–H and O–H groups in total. The minimum absolute atomic E-state index is 0.398. The molecule has 22 heavy (non-hydrogen) atoms. The maximum absolute atomic E-state index is 10.3. The lowest BCUT2D eigenvalue weighted by Crippen LogP contribution is -2.46. The van der Waals surface area contributed by atoms with Crippen molar-refractivity contribution in [3.05, 3.63) is 12.7 Å². The average Bonchev–Trinajstić information content (AvgIpc) is 2.99. The normalized spacial score (nSPS) is 31.8. The molecule has 0 saturated carbocycles. The largest absolute Gasteiger partial charge is 0.394 e. The zero-order valence-corrected chi connectivity index (χ0v) is 12.6. The van der Waals surface area contributed by atoms with E-state index in [2.05, 4.69) is 15.0 Å². The molecule has 2 aromatic heterocycles. The van der Waals surface area contributed by atoms with Crippen LogP contribution in [0.5, 0.6) is 0 Å². The zero-order valence-electron chi connectivity index (χ0n) is 12.6. The number of hydrogen-bond acceptors (Lipinski definition) is 8. The van der Waals surface area contributed by atoms with Crippen LogP contribution in [0.25, 0.3) is 11.2 Å². The minimum atomic E-state index is -1.56. The van der Waals surface area contributed by atoms with E-state index in [0.29, 0.717) is 17.0 Å². The molecule has 9 nitrogen and oxygen atoms in total. The summed E-state index contributed by atoms with van der Waals surface area (Å²) in [5.74, 6) is 0.640. The van der Waals surface area contributed by atoms with Gasteiger partial charge in [-0.15, -0.1) is 0 Å². The summed E-state index contributed by atoms with van der Waals surface area (Å²) in [5.41, 5.74) is -0.513. The first-order valence-electron chi connectivity index (χ1n) is 6.89. The molecule has 0 aromatic carbocycles. The van der Waals surface area contributed by atoms with Gasteiger partial charge < -0.3 is 25.0 Å². The lowest BCUT2D eigenvalue weighted by molar-refractivity contribution is -0.0804. The Labute approximate surface area is 126 Å². The second-order valence-electron chi connectivity index (χ2n) is 5.78. The number of aliphatic hydroxyl groups is 3. The number of imidazole rings is 1. The van der Waals surface area contributed by atoms with Crippen LogP contribution in [0.4, 0.5) is 5.82 Å². The van der Waals surface area contributed by atoms with Crippen LogP contribution in [0.3, 0.4) is 0 Å². The van der Waals surface area contributed by atoms with Crippen molar-refractivity contribution in [3.8, 4) is 0 Å². The van der Waals surface area contributed by atoms with Crippen LogP contribution < -0.4 is 4.90 Å². The van der Waals surface area contributed by atoms with Gasteiger partial charge in [0.15, 0.2) is 23.2 Å². The van der Waals surface area contributed by atoms with Crippen LogP contribution in [0.2, 0.25) is 0 Å². The Morgan fingerprint density at radius 3 is 2.68 bits per heavy atom. The van der Waals surface area contributed by atoms with Crippen LogP contribution in [0.15, 0.2) is 12.7 Å². The fraction of sp³-hybridized carbons (Fsp3) is 0.615. The number of nitrogens with zero attached hydrogens (tertiary/aromatic N) is 5. The van der Waals surface area contributed by atoms with Crippen molar-refractivity contribution in [2.24, 2.45) is 0 Å². The van der Waals surface area contributed by atoms with Gasteiger partial charge >= 0.3 is 0 Å². The first-order valence-corrected chi connectivity index (χ1v) is 6.89. The van der Waals surface area contributed by atoms with Crippen molar-refractivity contribution in [2.45, 2.75) is 31.0 Å². The Morgan fingerprint density at radius 1 is 1.36 bits per heavy atom. The van der Waals surface area contributed by atoms with E-state index >= 15 is 0 Å². The summed E-state index contributed by atoms with van der Waals surface area (Å²) < 4.78 is 7.13. The van der Waals surface area contributed by atoms with E-state index in [1.54, 1.807) is 9.47 Å². The molecule has 3 heterocycles. The molecule has 1 fully saturated rings. The monoisotopic (exact) mass is 309 g/mol. The highest BCUT2D eigenvalue weighted by Crippen LogP contribution is 2.38. The van der Waals surface area contributed by atoms with Crippen LogP contribution >= 0.6 is 0 Å². The van der Waals surface area contributed by atoms with Gasteiger partial charge in [0.1, 0.15) is 24.1 Å². The van der Waals surface area contributed by atoms with Crippen LogP contribution in [-0.2, 0) is 4.74 Å². The lowest BCUT2D eigenvalue weighted by atomic mass is 9.95. The summed E-state index contributed by atoms with van der Waals surface area (Å²) in [5, 5.41) is 29.9. The zero-order chi connectivity index (χ0) is 16.1. The van der Waals surface area contributed by atoms with Crippen molar-refractivity contribution in [1.82, 2.24) is 19.5 Å². The fourth-order valence-electron chi connectivity index (χ4n) is 2.66. The Hall–Kier alpha value is -1.81. The maximum Gasteiger partial charge on any atom is 0.167 e. The van der Waals surface area contributed by atoms with Crippen molar-refractivity contribution in [3.63, 3.8) is 0 Å². The van der Waals surface area contributed by atoms with E-state index in [4.69, 9.17) is 4.74 Å². The Morgan fingerprint density at radius 2 is 2.09 bits per heavy atom. The van der Waals surface area contributed by atoms with Gasteiger partial charge in [0.05, 0.1) is 12.9 Å². The van der Waals surface area contributed by atoms with Gasteiger partial charge in [-0.25, -0.2) is 15.0 Å². The molecule has 0 radical (unpaired) electrons. The Balaban J connectivity index is 2.07. The summed E-state index contributed by atoms with van der Waals surface area (Å²) in [6.07, 6.45) is -0.114. The highest BCUT2D eigenvalue weighted by Gasteiger charge is 2.52.